The van der Waals surface area contributed by atoms with Crippen molar-refractivity contribution < 1.29 is 5.11 Å². The summed E-state index contributed by atoms with van der Waals surface area (Å²) in [5.74, 6) is 0. The lowest BCUT2D eigenvalue weighted by Gasteiger charge is -2.16. The summed E-state index contributed by atoms with van der Waals surface area (Å²) >= 11 is 0. The van der Waals surface area contributed by atoms with E-state index in [0.29, 0.717) is 6.04 Å². The van der Waals surface area contributed by atoms with E-state index in [2.05, 4.69) is 49.7 Å². The highest BCUT2D eigenvalue weighted by molar-refractivity contribution is 5.87. The van der Waals surface area contributed by atoms with Gasteiger partial charge in [0.25, 0.3) is 0 Å². The Labute approximate surface area is 103 Å². The molecule has 1 heterocycles. The van der Waals surface area contributed by atoms with Gasteiger partial charge in [0.15, 0.2) is 0 Å². The van der Waals surface area contributed by atoms with E-state index in [1.807, 2.05) is 13.8 Å². The van der Waals surface area contributed by atoms with Crippen LogP contribution in [0.2, 0.25) is 0 Å². The predicted molar refractivity (Wildman–Crippen MR) is 72.3 cm³/mol. The van der Waals surface area contributed by atoms with Crippen LogP contribution in [0.3, 0.4) is 0 Å². The summed E-state index contributed by atoms with van der Waals surface area (Å²) in [6.45, 7) is 10.1. The monoisotopic (exact) mass is 231 g/mol. The second kappa shape index (κ2) is 3.88. The topological polar surface area (TPSA) is 25.2 Å². The maximum absolute atomic E-state index is 10.3. The number of aromatic nitrogens is 1. The fourth-order valence-electron chi connectivity index (χ4n) is 2.39. The molecule has 2 heteroatoms. The van der Waals surface area contributed by atoms with Gasteiger partial charge in [0.1, 0.15) is 0 Å². The molecule has 1 N–H and O–H groups in total. The third kappa shape index (κ3) is 1.98. The molecule has 2 aromatic rings. The number of hydrogen-bond acceptors (Lipinski definition) is 1. The van der Waals surface area contributed by atoms with Crippen LogP contribution in [0.4, 0.5) is 0 Å². The Bertz CT molecular complexity index is 544. The molecule has 0 radical (unpaired) electrons. The molecule has 0 amide bonds. The van der Waals surface area contributed by atoms with E-state index in [0.717, 1.165) is 10.9 Å². The van der Waals surface area contributed by atoms with Crippen molar-refractivity contribution in [2.45, 2.75) is 46.3 Å². The molecule has 0 aliphatic carbocycles. The van der Waals surface area contributed by atoms with Crippen LogP contribution in [0.15, 0.2) is 24.4 Å². The van der Waals surface area contributed by atoms with Crippen LogP contribution in [0.5, 0.6) is 0 Å². The second-order valence-corrected chi connectivity index (χ2v) is 5.57. The first-order chi connectivity index (χ1) is 7.82. The Morgan fingerprint density at radius 3 is 2.41 bits per heavy atom. The van der Waals surface area contributed by atoms with Gasteiger partial charge in [-0.3, -0.25) is 0 Å². The number of rotatable bonds is 2. The predicted octanol–water partition coefficient (Wildman–Crippen LogP) is 3.76. The normalized spacial score (nSPS) is 12.6. The zero-order valence-electron chi connectivity index (χ0n) is 11.3. The van der Waals surface area contributed by atoms with Crippen molar-refractivity contribution in [2.75, 3.05) is 0 Å². The number of aliphatic hydroxyl groups is 1. The second-order valence-electron chi connectivity index (χ2n) is 5.57. The molecule has 0 spiro atoms. The average Bonchev–Trinajstić information content (AvgIpc) is 2.57. The number of fused-ring (bicyclic) bond motifs is 1. The lowest BCUT2D eigenvalue weighted by molar-refractivity contribution is 0.0799. The molecule has 17 heavy (non-hydrogen) atoms. The van der Waals surface area contributed by atoms with E-state index in [4.69, 9.17) is 0 Å². The van der Waals surface area contributed by atoms with Gasteiger partial charge in [0.2, 0.25) is 0 Å². The number of para-hydroxylation sites is 1. The minimum absolute atomic E-state index is 0.398. The Hall–Kier alpha value is -1.28. The number of hydrogen-bond donors (Lipinski definition) is 1. The van der Waals surface area contributed by atoms with Crippen LogP contribution in [-0.4, -0.2) is 9.67 Å². The van der Waals surface area contributed by atoms with Gasteiger partial charge in [0, 0.05) is 23.2 Å². The van der Waals surface area contributed by atoms with Crippen LogP contribution in [-0.2, 0) is 5.60 Å². The standard InChI is InChI=1S/C15H21NO/c1-10(2)16-9-13(15(4,5)17)12-8-6-7-11(3)14(12)16/h6-10,17H,1-5H3. The minimum Gasteiger partial charge on any atom is -0.386 e. The molecule has 0 atom stereocenters. The van der Waals surface area contributed by atoms with Gasteiger partial charge in [-0.1, -0.05) is 18.2 Å². The SMILES string of the molecule is Cc1cccc2c(C(C)(C)O)cn(C(C)C)c12. The summed E-state index contributed by atoms with van der Waals surface area (Å²) in [6.07, 6.45) is 2.09. The van der Waals surface area contributed by atoms with Crippen molar-refractivity contribution in [3.05, 3.63) is 35.5 Å². The van der Waals surface area contributed by atoms with E-state index in [1.54, 1.807) is 0 Å². The molecule has 0 aliphatic rings. The molecule has 0 bridgehead atoms. The Morgan fingerprint density at radius 1 is 1.24 bits per heavy atom. The lowest BCUT2D eigenvalue weighted by atomic mass is 9.97. The summed E-state index contributed by atoms with van der Waals surface area (Å²) in [7, 11) is 0. The minimum atomic E-state index is -0.799. The Balaban J connectivity index is 2.85. The first-order valence-electron chi connectivity index (χ1n) is 6.15. The smallest absolute Gasteiger partial charge is 0.0861 e. The molecule has 0 saturated heterocycles. The molecule has 2 rings (SSSR count). The van der Waals surface area contributed by atoms with Crippen LogP contribution < -0.4 is 0 Å². The van der Waals surface area contributed by atoms with Crippen LogP contribution in [0.25, 0.3) is 10.9 Å². The van der Waals surface area contributed by atoms with Crippen LogP contribution in [0, 0.1) is 6.92 Å². The first-order valence-corrected chi connectivity index (χ1v) is 6.15. The molecule has 0 aliphatic heterocycles. The van der Waals surface area contributed by atoms with Crippen LogP contribution in [0.1, 0.15) is 44.9 Å². The third-order valence-corrected chi connectivity index (χ3v) is 3.27. The maximum atomic E-state index is 10.3. The molecule has 0 saturated carbocycles. The highest BCUT2D eigenvalue weighted by Gasteiger charge is 2.23. The summed E-state index contributed by atoms with van der Waals surface area (Å²) in [6, 6.07) is 6.66. The van der Waals surface area contributed by atoms with Crippen molar-refractivity contribution >= 4 is 10.9 Å². The zero-order chi connectivity index (χ0) is 12.8. The van der Waals surface area contributed by atoms with Gasteiger partial charge in [-0.05, 0) is 40.2 Å². The molecule has 92 valence electrons. The summed E-state index contributed by atoms with van der Waals surface area (Å²) in [4.78, 5) is 0. The zero-order valence-corrected chi connectivity index (χ0v) is 11.3. The van der Waals surface area contributed by atoms with Crippen molar-refractivity contribution in [3.8, 4) is 0 Å². The van der Waals surface area contributed by atoms with Gasteiger partial charge in [-0.25, -0.2) is 0 Å². The quantitative estimate of drug-likeness (QED) is 0.836. The molecular weight excluding hydrogens is 210 g/mol. The van der Waals surface area contributed by atoms with E-state index in [9.17, 15) is 5.11 Å². The first kappa shape index (κ1) is 12.2. The summed E-state index contributed by atoms with van der Waals surface area (Å²) < 4.78 is 2.25. The molecule has 1 aromatic heterocycles. The van der Waals surface area contributed by atoms with E-state index >= 15 is 0 Å². The Kier molecular flexibility index (Phi) is 2.78. The van der Waals surface area contributed by atoms with Gasteiger partial charge in [-0.2, -0.15) is 0 Å². The number of nitrogens with zero attached hydrogens (tertiary/aromatic N) is 1. The maximum Gasteiger partial charge on any atom is 0.0861 e. The third-order valence-electron chi connectivity index (χ3n) is 3.27. The lowest BCUT2D eigenvalue weighted by Crippen LogP contribution is -2.14. The van der Waals surface area contributed by atoms with E-state index < -0.39 is 5.60 Å². The van der Waals surface area contributed by atoms with Gasteiger partial charge < -0.3 is 9.67 Å². The highest BCUT2D eigenvalue weighted by Crippen LogP contribution is 2.33. The number of benzene rings is 1. The van der Waals surface area contributed by atoms with Gasteiger partial charge in [-0.15, -0.1) is 0 Å². The van der Waals surface area contributed by atoms with Crippen molar-refractivity contribution in [2.24, 2.45) is 0 Å². The van der Waals surface area contributed by atoms with E-state index in [-0.39, 0.29) is 0 Å². The molecule has 2 nitrogen and oxygen atoms in total. The van der Waals surface area contributed by atoms with Gasteiger partial charge in [0.05, 0.1) is 11.1 Å². The van der Waals surface area contributed by atoms with Crippen molar-refractivity contribution in [1.82, 2.24) is 4.57 Å². The molecule has 1 aromatic carbocycles. The van der Waals surface area contributed by atoms with Crippen molar-refractivity contribution in [3.63, 3.8) is 0 Å². The highest BCUT2D eigenvalue weighted by atomic mass is 16.3. The largest absolute Gasteiger partial charge is 0.386 e. The van der Waals surface area contributed by atoms with Crippen molar-refractivity contribution in [1.29, 1.82) is 0 Å². The van der Waals surface area contributed by atoms with Gasteiger partial charge >= 0.3 is 0 Å². The summed E-state index contributed by atoms with van der Waals surface area (Å²) in [5.41, 5.74) is 2.70. The van der Waals surface area contributed by atoms with Crippen LogP contribution >= 0.6 is 0 Å². The average molecular weight is 231 g/mol. The fourth-order valence-corrected chi connectivity index (χ4v) is 2.39. The molecule has 0 fully saturated rings. The summed E-state index contributed by atoms with van der Waals surface area (Å²) in [5, 5.41) is 11.4. The Morgan fingerprint density at radius 2 is 1.88 bits per heavy atom. The fraction of sp³-hybridized carbons (Fsp3) is 0.467. The molecular formula is C15H21NO. The van der Waals surface area contributed by atoms with E-state index in [1.165, 1.54) is 11.1 Å². The number of aryl methyl sites for hydroxylation is 1. The molecule has 0 unspecified atom stereocenters.